The van der Waals surface area contributed by atoms with Crippen molar-refractivity contribution >= 4 is 5.97 Å². The van der Waals surface area contributed by atoms with Gasteiger partial charge >= 0.3 is 5.97 Å². The first kappa shape index (κ1) is 40.0. The Labute approximate surface area is 314 Å². The lowest BCUT2D eigenvalue weighted by molar-refractivity contribution is -0.366. The molecule has 0 radical (unpaired) electrons. The Morgan fingerprint density at radius 3 is 2.17 bits per heavy atom. The molecule has 2 unspecified atom stereocenters. The summed E-state index contributed by atoms with van der Waals surface area (Å²) in [6.45, 7) is 17.1. The molecule has 7 aliphatic rings. The summed E-state index contributed by atoms with van der Waals surface area (Å²) in [6.07, 6.45) is -3.90. The monoisotopic (exact) mass is 750 g/mol. The molecule has 0 aromatic carbocycles. The molecule has 2 saturated heterocycles. The largest absolute Gasteiger partial charge is 0.481 e. The van der Waals surface area contributed by atoms with E-state index in [-0.39, 0.29) is 47.2 Å². The van der Waals surface area contributed by atoms with Gasteiger partial charge in [0.1, 0.15) is 36.6 Å². The number of hydrogen-bond donors (Lipinski definition) is 7. The number of carbonyl (C=O) groups is 1. The second-order valence-corrected chi connectivity index (χ2v) is 19.5. The number of hydrogen-bond acceptors (Lipinski definition) is 11. The van der Waals surface area contributed by atoms with Crippen LogP contribution in [0.25, 0.3) is 0 Å². The first-order valence-electron chi connectivity index (χ1n) is 20.3. The fourth-order valence-corrected chi connectivity index (χ4v) is 14.2. The van der Waals surface area contributed by atoms with Crippen LogP contribution in [0.5, 0.6) is 0 Å². The Bertz CT molecular complexity index is 1410. The Balaban J connectivity index is 1.14. The summed E-state index contributed by atoms with van der Waals surface area (Å²) >= 11 is 0. The number of ether oxygens (including phenoxy) is 4. The zero-order valence-electron chi connectivity index (χ0n) is 32.5. The van der Waals surface area contributed by atoms with Crippen molar-refractivity contribution in [2.45, 2.75) is 167 Å². The minimum Gasteiger partial charge on any atom is -0.481 e. The molecule has 12 heteroatoms. The number of aliphatic carboxylic acids is 1. The van der Waals surface area contributed by atoms with Crippen molar-refractivity contribution in [1.82, 2.24) is 0 Å². The average molecular weight is 751 g/mol. The maximum atomic E-state index is 13.0. The molecule has 5 aliphatic carbocycles. The molecule has 0 spiro atoms. The van der Waals surface area contributed by atoms with E-state index >= 15 is 0 Å². The van der Waals surface area contributed by atoms with Gasteiger partial charge in [0.25, 0.3) is 0 Å². The lowest BCUT2D eigenvalue weighted by Gasteiger charge is -2.73. The molecule has 0 bridgehead atoms. The summed E-state index contributed by atoms with van der Waals surface area (Å²) in [6, 6.07) is 0. The molecular weight excluding hydrogens is 684 g/mol. The van der Waals surface area contributed by atoms with Crippen molar-refractivity contribution in [2.24, 2.45) is 56.7 Å². The highest BCUT2D eigenvalue weighted by Gasteiger charge is 2.72. The highest BCUT2D eigenvalue weighted by atomic mass is 16.8. The van der Waals surface area contributed by atoms with Gasteiger partial charge < -0.3 is 54.7 Å². The summed E-state index contributed by atoms with van der Waals surface area (Å²) in [5, 5.41) is 74.9. The molecule has 53 heavy (non-hydrogen) atoms. The number of aliphatic hydroxyl groups is 6. The van der Waals surface area contributed by atoms with Crippen molar-refractivity contribution < 1.29 is 59.5 Å². The molecule has 0 aromatic heterocycles. The van der Waals surface area contributed by atoms with Crippen molar-refractivity contribution in [3.8, 4) is 0 Å². The minimum atomic E-state index is -1.62. The van der Waals surface area contributed by atoms with Crippen molar-refractivity contribution in [1.29, 1.82) is 0 Å². The van der Waals surface area contributed by atoms with E-state index < -0.39 is 78.2 Å². The van der Waals surface area contributed by atoms with Gasteiger partial charge in [-0.25, -0.2) is 0 Å². The lowest BCUT2D eigenvalue weighted by atomic mass is 9.32. The Kier molecular flexibility index (Phi) is 10.4. The third-order valence-electron chi connectivity index (χ3n) is 17.4. The fourth-order valence-electron chi connectivity index (χ4n) is 14.2. The molecule has 2 heterocycles. The number of allylic oxidation sites excluding steroid dienone is 1. The van der Waals surface area contributed by atoms with Crippen molar-refractivity contribution in [2.75, 3.05) is 13.2 Å². The van der Waals surface area contributed by atoms with E-state index in [1.807, 2.05) is 0 Å². The van der Waals surface area contributed by atoms with Crippen LogP contribution in [-0.2, 0) is 23.7 Å². The van der Waals surface area contributed by atoms with Crippen molar-refractivity contribution in [3.05, 3.63) is 12.2 Å². The van der Waals surface area contributed by atoms with Crippen LogP contribution in [0, 0.1) is 56.7 Å². The second kappa shape index (κ2) is 13.7. The third kappa shape index (κ3) is 5.69. The Morgan fingerprint density at radius 2 is 1.51 bits per heavy atom. The van der Waals surface area contributed by atoms with E-state index in [1.165, 1.54) is 6.92 Å². The molecule has 12 nitrogen and oxygen atoms in total. The zero-order chi connectivity index (χ0) is 38.6. The van der Waals surface area contributed by atoms with E-state index in [2.05, 4.69) is 41.2 Å². The molecule has 7 fully saturated rings. The van der Waals surface area contributed by atoms with Crippen LogP contribution >= 0.6 is 0 Å². The smallest absolute Gasteiger partial charge is 0.309 e. The summed E-state index contributed by atoms with van der Waals surface area (Å²) in [4.78, 5) is 13.0. The predicted molar refractivity (Wildman–Crippen MR) is 192 cm³/mol. The summed E-state index contributed by atoms with van der Waals surface area (Å²) in [7, 11) is 0. The standard InChI is InChI=1S/C41H66O12/c1-20(2)22-10-15-41(36(48)49)17-16-39(6)23(28(22)41)8-9-26-37(4)13-12-27(38(5,19-42)25(37)11-14-40(26,39)7)52-35-33(30(45)24(43)18-50-35)53-34-32(47)31(46)29(44)21(3)51-34/h21-35,42-47H,1,8-19H2,2-7H3,(H,48,49)/t21-,22-,23+,24-,25+,26+,27?,28+,29-,30-,31+,32+,33+,34-,35-,37-,38?,39+,40+,41-/m0/s1. The molecule has 302 valence electrons. The van der Waals surface area contributed by atoms with Gasteiger partial charge in [-0.2, -0.15) is 0 Å². The van der Waals surface area contributed by atoms with Gasteiger partial charge in [0, 0.05) is 5.41 Å². The summed E-state index contributed by atoms with van der Waals surface area (Å²) in [5.41, 5.74) is -0.394. The van der Waals surface area contributed by atoms with Gasteiger partial charge in [0.2, 0.25) is 0 Å². The highest BCUT2D eigenvalue weighted by Crippen LogP contribution is 2.77. The first-order chi connectivity index (χ1) is 24.8. The summed E-state index contributed by atoms with van der Waals surface area (Å²) in [5.74, 6) is 0.490. The average Bonchev–Trinajstić information content (AvgIpc) is 3.52. The predicted octanol–water partition coefficient (Wildman–Crippen LogP) is 3.38. The number of aliphatic hydroxyl groups excluding tert-OH is 6. The molecule has 2 aliphatic heterocycles. The number of fused-ring (bicyclic) bond motifs is 7. The van der Waals surface area contributed by atoms with Crippen LogP contribution in [0.1, 0.15) is 106 Å². The van der Waals surface area contributed by atoms with Gasteiger partial charge in [-0.1, -0.05) is 39.8 Å². The molecule has 7 N–H and O–H groups in total. The molecule has 0 amide bonds. The van der Waals surface area contributed by atoms with Crippen LogP contribution in [0.15, 0.2) is 12.2 Å². The number of rotatable bonds is 7. The molecule has 7 rings (SSSR count). The summed E-state index contributed by atoms with van der Waals surface area (Å²) < 4.78 is 24.3. The van der Waals surface area contributed by atoms with Gasteiger partial charge in [0.15, 0.2) is 12.6 Å². The number of carboxylic acids is 1. The first-order valence-corrected chi connectivity index (χ1v) is 20.3. The van der Waals surface area contributed by atoms with Gasteiger partial charge in [-0.15, -0.1) is 0 Å². The normalized spacial score (nSPS) is 56.7. The number of carboxylic acid groups (broad SMARTS) is 1. The zero-order valence-corrected chi connectivity index (χ0v) is 32.5. The van der Waals surface area contributed by atoms with Gasteiger partial charge in [-0.3, -0.25) is 4.79 Å². The third-order valence-corrected chi connectivity index (χ3v) is 17.4. The van der Waals surface area contributed by atoms with Crippen LogP contribution in [0.3, 0.4) is 0 Å². The maximum absolute atomic E-state index is 13.0. The molecule has 0 aromatic rings. The topological polar surface area (TPSA) is 196 Å². The fraction of sp³-hybridized carbons (Fsp3) is 0.927. The molecule has 5 saturated carbocycles. The van der Waals surface area contributed by atoms with Crippen LogP contribution in [-0.4, -0.2) is 116 Å². The second-order valence-electron chi connectivity index (χ2n) is 19.5. The SMILES string of the molecule is C=C(C)[C@@H]1CC[C@]2(C(=O)O)CC[C@]3(C)[C@H](CC[C@@H]4[C@@]5(C)CCC(O[C@@H]6OC[C@H](O)[C@H](O)[C@H]6O[C@@H]6O[C@@H](C)[C@H](O)[C@@H](O)[C@H]6O)C(C)(CO)[C@@H]5CC[C@]43C)[C@@H]12. The Morgan fingerprint density at radius 1 is 0.792 bits per heavy atom. The quantitative estimate of drug-likeness (QED) is 0.148. The highest BCUT2D eigenvalue weighted by molar-refractivity contribution is 5.76. The molecule has 20 atom stereocenters. The van der Waals surface area contributed by atoms with Crippen LogP contribution < -0.4 is 0 Å². The van der Waals surface area contributed by atoms with E-state index in [0.717, 1.165) is 56.9 Å². The Hall–Kier alpha value is -1.19. The minimum absolute atomic E-state index is 0.0140. The van der Waals surface area contributed by atoms with E-state index in [9.17, 15) is 40.5 Å². The van der Waals surface area contributed by atoms with E-state index in [1.54, 1.807) is 0 Å². The van der Waals surface area contributed by atoms with E-state index in [0.29, 0.717) is 24.7 Å². The van der Waals surface area contributed by atoms with Gasteiger partial charge in [-0.05, 0) is 124 Å². The van der Waals surface area contributed by atoms with Crippen molar-refractivity contribution in [3.63, 3.8) is 0 Å². The van der Waals surface area contributed by atoms with Crippen LogP contribution in [0.2, 0.25) is 0 Å². The van der Waals surface area contributed by atoms with Gasteiger partial charge in [0.05, 0.1) is 30.8 Å². The van der Waals surface area contributed by atoms with E-state index in [4.69, 9.17) is 18.9 Å². The van der Waals surface area contributed by atoms with Crippen LogP contribution in [0.4, 0.5) is 0 Å². The molecular formula is C41H66O12. The lowest BCUT2D eigenvalue weighted by Crippen LogP contribution is -2.68. The maximum Gasteiger partial charge on any atom is 0.309 e.